The van der Waals surface area contributed by atoms with Gasteiger partial charge in [0.15, 0.2) is 0 Å². The molecule has 1 aromatic carbocycles. The molecule has 108 valence electrons. The van der Waals surface area contributed by atoms with Crippen molar-refractivity contribution in [2.75, 3.05) is 5.73 Å². The van der Waals surface area contributed by atoms with E-state index in [1.165, 1.54) is 24.3 Å². The number of hydrogen-bond donors (Lipinski definition) is 1. The predicted octanol–water partition coefficient (Wildman–Crippen LogP) is 3.04. The number of nitro benzene ring substituents is 1. The van der Waals surface area contributed by atoms with Crippen LogP contribution in [0.5, 0.6) is 11.6 Å². The number of nitrogens with zero attached hydrogens (tertiary/aromatic N) is 3. The van der Waals surface area contributed by atoms with Crippen LogP contribution in [0.1, 0.15) is 0 Å². The Morgan fingerprint density at radius 3 is 2.43 bits per heavy atom. The van der Waals surface area contributed by atoms with Crippen LogP contribution in [0.3, 0.4) is 0 Å². The molecule has 0 amide bonds. The Morgan fingerprint density at radius 1 is 1.14 bits per heavy atom. The first-order chi connectivity index (χ1) is 9.86. The van der Waals surface area contributed by atoms with Gasteiger partial charge in [0.1, 0.15) is 5.75 Å². The molecule has 0 unspecified atom stereocenters. The molecule has 0 bridgehead atoms. The number of pyridine rings is 1. The van der Waals surface area contributed by atoms with Crippen LogP contribution >= 0.6 is 15.9 Å². The lowest BCUT2D eigenvalue weighted by Gasteiger charge is -2.06. The van der Waals surface area contributed by atoms with Gasteiger partial charge in [-0.15, -0.1) is 0 Å². The fourth-order valence-corrected chi connectivity index (χ4v) is 1.95. The van der Waals surface area contributed by atoms with Gasteiger partial charge in [0.25, 0.3) is 5.69 Å². The minimum absolute atomic E-state index is 0.00880. The van der Waals surface area contributed by atoms with Crippen molar-refractivity contribution in [1.29, 1.82) is 0 Å². The highest BCUT2D eigenvalue weighted by Gasteiger charge is 2.15. The van der Waals surface area contributed by atoms with Crippen LogP contribution in [0.4, 0.5) is 17.2 Å². The fraction of sp³-hybridized carbons (Fsp3) is 0. The highest BCUT2D eigenvalue weighted by Crippen LogP contribution is 2.30. The number of nitrogen functional groups attached to an aromatic ring is 1. The zero-order chi connectivity index (χ0) is 15.6. The number of rotatable bonds is 4. The molecular weight excluding hydrogens is 348 g/mol. The van der Waals surface area contributed by atoms with E-state index in [4.69, 9.17) is 10.5 Å². The van der Waals surface area contributed by atoms with Gasteiger partial charge < -0.3 is 10.5 Å². The van der Waals surface area contributed by atoms with Crippen molar-refractivity contribution in [3.63, 3.8) is 0 Å². The molecule has 0 radical (unpaired) electrons. The summed E-state index contributed by atoms with van der Waals surface area (Å²) < 4.78 is 5.76. The molecular formula is C11H7BrN4O5. The van der Waals surface area contributed by atoms with Crippen LogP contribution in [-0.4, -0.2) is 14.8 Å². The summed E-state index contributed by atoms with van der Waals surface area (Å²) in [5, 5.41) is 21.4. The number of hydrogen-bond acceptors (Lipinski definition) is 7. The van der Waals surface area contributed by atoms with Crippen molar-refractivity contribution in [3.05, 3.63) is 55.0 Å². The summed E-state index contributed by atoms with van der Waals surface area (Å²) in [4.78, 5) is 23.8. The summed E-state index contributed by atoms with van der Waals surface area (Å²) >= 11 is 3.12. The summed E-state index contributed by atoms with van der Waals surface area (Å²) in [7, 11) is 0. The van der Waals surface area contributed by atoms with Crippen molar-refractivity contribution in [2.45, 2.75) is 0 Å². The molecule has 0 aliphatic heterocycles. The molecule has 9 nitrogen and oxygen atoms in total. The molecule has 0 aliphatic carbocycles. The molecule has 0 saturated heterocycles. The van der Waals surface area contributed by atoms with Gasteiger partial charge in [-0.2, -0.15) is 4.98 Å². The first-order valence-electron chi connectivity index (χ1n) is 5.40. The van der Waals surface area contributed by atoms with Crippen LogP contribution in [0, 0.1) is 20.2 Å². The largest absolute Gasteiger partial charge is 0.439 e. The lowest BCUT2D eigenvalue weighted by molar-refractivity contribution is -0.385. The van der Waals surface area contributed by atoms with Crippen molar-refractivity contribution in [2.24, 2.45) is 0 Å². The second kappa shape index (κ2) is 5.71. The standard InChI is InChI=1S/C11H7BrN4O5/c12-6-3-7(15(17)18)5-8(4-6)21-10-2-1-9(16(19)20)11(13)14-10/h1-5H,(H2,13,14). The van der Waals surface area contributed by atoms with Gasteiger partial charge in [0.2, 0.25) is 11.7 Å². The third-order valence-electron chi connectivity index (χ3n) is 2.36. The van der Waals surface area contributed by atoms with E-state index in [0.29, 0.717) is 4.47 Å². The third kappa shape index (κ3) is 3.42. The van der Waals surface area contributed by atoms with E-state index in [2.05, 4.69) is 20.9 Å². The van der Waals surface area contributed by atoms with E-state index in [1.54, 1.807) is 0 Å². The molecule has 2 N–H and O–H groups in total. The van der Waals surface area contributed by atoms with Gasteiger partial charge in [0.05, 0.1) is 15.9 Å². The molecule has 21 heavy (non-hydrogen) atoms. The molecule has 0 aliphatic rings. The smallest absolute Gasteiger partial charge is 0.311 e. The number of ether oxygens (including phenoxy) is 1. The number of halogens is 1. The van der Waals surface area contributed by atoms with Crippen LogP contribution in [0.25, 0.3) is 0 Å². The number of anilines is 1. The maximum Gasteiger partial charge on any atom is 0.311 e. The Morgan fingerprint density at radius 2 is 1.86 bits per heavy atom. The molecule has 1 heterocycles. The van der Waals surface area contributed by atoms with Crippen LogP contribution < -0.4 is 10.5 Å². The lowest BCUT2D eigenvalue weighted by atomic mass is 10.3. The normalized spacial score (nSPS) is 10.1. The fourth-order valence-electron chi connectivity index (χ4n) is 1.49. The van der Waals surface area contributed by atoms with Gasteiger partial charge >= 0.3 is 5.69 Å². The molecule has 0 atom stereocenters. The monoisotopic (exact) mass is 354 g/mol. The first-order valence-corrected chi connectivity index (χ1v) is 6.20. The Balaban J connectivity index is 2.32. The lowest BCUT2D eigenvalue weighted by Crippen LogP contribution is -1.99. The summed E-state index contributed by atoms with van der Waals surface area (Å²) in [6.07, 6.45) is 0. The molecule has 1 aromatic heterocycles. The summed E-state index contributed by atoms with van der Waals surface area (Å²) in [6, 6.07) is 6.39. The minimum atomic E-state index is -0.671. The Bertz CT molecular complexity index is 737. The number of non-ortho nitro benzene ring substituents is 1. The maximum atomic E-state index is 10.8. The Kier molecular flexibility index (Phi) is 3.98. The van der Waals surface area contributed by atoms with Crippen molar-refractivity contribution >= 4 is 33.1 Å². The summed E-state index contributed by atoms with van der Waals surface area (Å²) in [6.45, 7) is 0. The quantitative estimate of drug-likeness (QED) is 0.658. The minimum Gasteiger partial charge on any atom is -0.439 e. The van der Waals surface area contributed by atoms with Crippen LogP contribution in [-0.2, 0) is 0 Å². The third-order valence-corrected chi connectivity index (χ3v) is 2.82. The molecule has 0 saturated carbocycles. The van der Waals surface area contributed by atoms with Gasteiger partial charge in [-0.25, -0.2) is 0 Å². The zero-order valence-corrected chi connectivity index (χ0v) is 11.8. The van der Waals surface area contributed by atoms with E-state index in [9.17, 15) is 20.2 Å². The van der Waals surface area contributed by atoms with Crippen molar-refractivity contribution in [1.82, 2.24) is 4.98 Å². The molecule has 10 heteroatoms. The second-order valence-electron chi connectivity index (χ2n) is 3.82. The molecule has 0 spiro atoms. The average molecular weight is 355 g/mol. The van der Waals surface area contributed by atoms with Crippen LogP contribution in [0.15, 0.2) is 34.8 Å². The summed E-state index contributed by atoms with van der Waals surface area (Å²) in [5.74, 6) is -0.163. The van der Waals surface area contributed by atoms with Crippen LogP contribution in [0.2, 0.25) is 0 Å². The van der Waals surface area contributed by atoms with Crippen molar-refractivity contribution < 1.29 is 14.6 Å². The number of nitro groups is 2. The average Bonchev–Trinajstić information content (AvgIpc) is 2.37. The predicted molar refractivity (Wildman–Crippen MR) is 76.2 cm³/mol. The van der Waals surface area contributed by atoms with E-state index < -0.39 is 9.85 Å². The van der Waals surface area contributed by atoms with Gasteiger partial charge in [-0.1, -0.05) is 15.9 Å². The van der Waals surface area contributed by atoms with E-state index in [0.717, 1.165) is 6.07 Å². The van der Waals surface area contributed by atoms with E-state index in [1.807, 2.05) is 0 Å². The Hall–Kier alpha value is -2.75. The highest BCUT2D eigenvalue weighted by molar-refractivity contribution is 9.10. The molecule has 2 rings (SSSR count). The van der Waals surface area contributed by atoms with Gasteiger partial charge in [-0.3, -0.25) is 20.2 Å². The Labute approximate surface area is 125 Å². The van der Waals surface area contributed by atoms with E-state index in [-0.39, 0.29) is 28.8 Å². The maximum absolute atomic E-state index is 10.8. The molecule has 0 fully saturated rings. The molecule has 2 aromatic rings. The topological polar surface area (TPSA) is 134 Å². The SMILES string of the molecule is Nc1nc(Oc2cc(Br)cc([N+](=O)[O-])c2)ccc1[N+](=O)[O-]. The van der Waals surface area contributed by atoms with Gasteiger partial charge in [0, 0.05) is 22.7 Å². The zero-order valence-electron chi connectivity index (χ0n) is 10.2. The first kappa shape index (κ1) is 14.7. The van der Waals surface area contributed by atoms with Crippen molar-refractivity contribution in [3.8, 4) is 11.6 Å². The highest BCUT2D eigenvalue weighted by atomic mass is 79.9. The van der Waals surface area contributed by atoms with E-state index >= 15 is 0 Å². The van der Waals surface area contributed by atoms with Gasteiger partial charge in [-0.05, 0) is 6.07 Å². The summed E-state index contributed by atoms with van der Waals surface area (Å²) in [5.41, 5.74) is 4.92. The number of aromatic nitrogens is 1. The number of benzene rings is 1. The second-order valence-corrected chi connectivity index (χ2v) is 4.73. The number of nitrogens with two attached hydrogens (primary N) is 1.